The molecular weight excluding hydrogens is 919 g/mol. The first-order valence-corrected chi connectivity index (χ1v) is 29.2. The van der Waals surface area contributed by atoms with E-state index >= 15 is 0 Å². The average molecular weight is 1030 g/mol. The van der Waals surface area contributed by atoms with Gasteiger partial charge in [0.1, 0.15) is 48.8 Å². The first kappa shape index (κ1) is 66.3. The van der Waals surface area contributed by atoms with Crippen LogP contribution in [-0.4, -0.2) is 140 Å². The Hall–Kier alpha value is -1.79. The van der Waals surface area contributed by atoms with Gasteiger partial charge in [-0.15, -0.1) is 0 Å². The van der Waals surface area contributed by atoms with Crippen molar-refractivity contribution in [3.63, 3.8) is 0 Å². The first-order chi connectivity index (χ1) is 35.1. The van der Waals surface area contributed by atoms with Crippen LogP contribution in [0.5, 0.6) is 0 Å². The summed E-state index contributed by atoms with van der Waals surface area (Å²) >= 11 is 0. The molecule has 2 fully saturated rings. The van der Waals surface area contributed by atoms with Crippen LogP contribution >= 0.6 is 0 Å². The molecule has 0 aliphatic carbocycles. The minimum atomic E-state index is -1.78. The molecule has 2 aliphatic heterocycles. The number of ether oxygens (including phenoxy) is 4. The number of amides is 1. The second-order valence-corrected chi connectivity index (χ2v) is 20.7. The fourth-order valence-corrected chi connectivity index (χ4v) is 9.66. The number of unbranched alkanes of at least 4 members (excludes halogenated alkanes) is 27. The van der Waals surface area contributed by atoms with Crippen LogP contribution in [0.15, 0.2) is 36.5 Å². The lowest BCUT2D eigenvalue weighted by atomic mass is 9.97. The molecular formula is C58H107NO13. The van der Waals surface area contributed by atoms with E-state index in [1.807, 2.05) is 0 Å². The molecule has 0 bridgehead atoms. The molecule has 2 aliphatic rings. The number of carbonyl (C=O) groups is 1. The van der Waals surface area contributed by atoms with Crippen molar-refractivity contribution in [1.29, 1.82) is 0 Å². The van der Waals surface area contributed by atoms with E-state index < -0.39 is 86.8 Å². The van der Waals surface area contributed by atoms with Gasteiger partial charge in [-0.2, -0.15) is 0 Å². The predicted molar refractivity (Wildman–Crippen MR) is 286 cm³/mol. The average Bonchev–Trinajstić information content (AvgIpc) is 3.38. The maximum Gasteiger partial charge on any atom is 0.220 e. The largest absolute Gasteiger partial charge is 0.394 e. The van der Waals surface area contributed by atoms with E-state index in [1.165, 1.54) is 122 Å². The number of hydrogen-bond donors (Lipinski definition) is 9. The number of allylic oxidation sites excluding steroid dienone is 6. The third kappa shape index (κ3) is 30.1. The normalized spacial score (nSPS) is 25.8. The Morgan fingerprint density at radius 1 is 0.514 bits per heavy atom. The number of carbonyl (C=O) groups excluding carboxylic acids is 1. The molecule has 0 spiro atoms. The number of nitrogens with one attached hydrogen (secondary N) is 1. The fourth-order valence-electron chi connectivity index (χ4n) is 9.66. The zero-order chi connectivity index (χ0) is 52.4. The molecule has 0 saturated carbocycles. The van der Waals surface area contributed by atoms with Crippen LogP contribution in [0.4, 0.5) is 0 Å². The van der Waals surface area contributed by atoms with Gasteiger partial charge in [0.25, 0.3) is 0 Å². The van der Waals surface area contributed by atoms with Crippen molar-refractivity contribution in [2.45, 2.75) is 306 Å². The lowest BCUT2D eigenvalue weighted by Gasteiger charge is -2.46. The summed E-state index contributed by atoms with van der Waals surface area (Å²) in [5, 5.41) is 87.2. The lowest BCUT2D eigenvalue weighted by Crippen LogP contribution is -2.65. The zero-order valence-corrected chi connectivity index (χ0v) is 45.2. The summed E-state index contributed by atoms with van der Waals surface area (Å²) in [6, 6.07) is -0.838. The van der Waals surface area contributed by atoms with E-state index in [0.29, 0.717) is 12.8 Å². The summed E-state index contributed by atoms with van der Waals surface area (Å²) in [5.41, 5.74) is 0. The van der Waals surface area contributed by atoms with E-state index in [9.17, 15) is 45.6 Å². The molecule has 72 heavy (non-hydrogen) atoms. The third-order valence-corrected chi connectivity index (χ3v) is 14.4. The van der Waals surface area contributed by atoms with E-state index in [4.69, 9.17) is 18.9 Å². The lowest BCUT2D eigenvalue weighted by molar-refractivity contribution is -0.359. The molecule has 14 heteroatoms. The van der Waals surface area contributed by atoms with Crippen molar-refractivity contribution in [3.8, 4) is 0 Å². The second kappa shape index (κ2) is 44.3. The number of aliphatic hydroxyl groups excluding tert-OH is 8. The highest BCUT2D eigenvalue weighted by Crippen LogP contribution is 2.30. The SMILES string of the molecule is CC/C=C\C/C=C\C/C=C\CCCCCCCC(=O)NC(COC1OC(CO)C(OC2OC(CO)C(O)C(O)C2O)C(O)C1O)C(O)CCCCCCCCCCCCCCCCCCCCCCCCC. The summed E-state index contributed by atoms with van der Waals surface area (Å²) in [6.45, 7) is 2.75. The molecule has 0 aromatic carbocycles. The highest BCUT2D eigenvalue weighted by atomic mass is 16.7. The van der Waals surface area contributed by atoms with Crippen LogP contribution in [0.2, 0.25) is 0 Å². The van der Waals surface area contributed by atoms with Crippen molar-refractivity contribution in [1.82, 2.24) is 5.32 Å². The van der Waals surface area contributed by atoms with Crippen LogP contribution in [0.1, 0.15) is 232 Å². The van der Waals surface area contributed by atoms with Gasteiger partial charge in [0, 0.05) is 6.42 Å². The Kier molecular flexibility index (Phi) is 40.9. The summed E-state index contributed by atoms with van der Waals surface area (Å²) in [7, 11) is 0. The van der Waals surface area contributed by atoms with Gasteiger partial charge in [-0.25, -0.2) is 0 Å². The van der Waals surface area contributed by atoms with Crippen molar-refractivity contribution in [3.05, 3.63) is 36.5 Å². The van der Waals surface area contributed by atoms with Crippen LogP contribution in [0.3, 0.4) is 0 Å². The first-order valence-electron chi connectivity index (χ1n) is 29.2. The van der Waals surface area contributed by atoms with Gasteiger partial charge in [-0.1, -0.05) is 217 Å². The monoisotopic (exact) mass is 1030 g/mol. The van der Waals surface area contributed by atoms with Gasteiger partial charge in [0.05, 0.1) is 32.0 Å². The molecule has 1 amide bonds. The minimum absolute atomic E-state index is 0.223. The van der Waals surface area contributed by atoms with Gasteiger partial charge in [0.2, 0.25) is 5.91 Å². The quantitative estimate of drug-likeness (QED) is 0.0205. The Morgan fingerprint density at radius 2 is 0.958 bits per heavy atom. The summed E-state index contributed by atoms with van der Waals surface area (Å²) in [4.78, 5) is 13.2. The summed E-state index contributed by atoms with van der Waals surface area (Å²) in [6.07, 6.45) is 35.8. The maximum absolute atomic E-state index is 13.2. The number of rotatable bonds is 46. The van der Waals surface area contributed by atoms with Crippen LogP contribution in [0, 0.1) is 0 Å². The number of aliphatic hydroxyl groups is 8. The third-order valence-electron chi connectivity index (χ3n) is 14.4. The van der Waals surface area contributed by atoms with E-state index in [2.05, 4.69) is 55.6 Å². The predicted octanol–water partition coefficient (Wildman–Crippen LogP) is 9.44. The molecule has 2 saturated heterocycles. The Balaban J connectivity index is 1.75. The van der Waals surface area contributed by atoms with Crippen LogP contribution in [-0.2, 0) is 23.7 Å². The van der Waals surface area contributed by atoms with Gasteiger partial charge >= 0.3 is 0 Å². The van der Waals surface area contributed by atoms with Gasteiger partial charge in [-0.3, -0.25) is 4.79 Å². The molecule has 12 atom stereocenters. The highest BCUT2D eigenvalue weighted by Gasteiger charge is 2.51. The molecule has 9 N–H and O–H groups in total. The van der Waals surface area contributed by atoms with E-state index in [0.717, 1.165) is 77.0 Å². The molecule has 14 nitrogen and oxygen atoms in total. The van der Waals surface area contributed by atoms with Gasteiger partial charge < -0.3 is 65.1 Å². The topological polar surface area (TPSA) is 228 Å². The fraction of sp³-hybridized carbons (Fsp3) is 0.879. The van der Waals surface area contributed by atoms with Crippen molar-refractivity contribution in [2.24, 2.45) is 0 Å². The zero-order valence-electron chi connectivity index (χ0n) is 45.2. The van der Waals surface area contributed by atoms with Crippen LogP contribution < -0.4 is 5.32 Å². The summed E-state index contributed by atoms with van der Waals surface area (Å²) in [5.74, 6) is -0.223. The molecule has 0 aromatic heterocycles. The second-order valence-electron chi connectivity index (χ2n) is 20.7. The van der Waals surface area contributed by atoms with Crippen LogP contribution in [0.25, 0.3) is 0 Å². The maximum atomic E-state index is 13.2. The standard InChI is InChI=1S/C58H107NO13/c1-3-5-7-9-11-13-15-17-19-20-21-22-23-24-25-26-28-29-31-33-35-37-39-41-47(62)46(59-50(63)42-40-38-36-34-32-30-27-18-16-14-12-10-8-6-4-2)45-69-57-55(68)53(66)56(49(44-61)71-57)72-58-54(67)52(65)51(64)48(43-60)70-58/h6,8,12,14,18,27,46-49,51-58,60-62,64-68H,3-5,7,9-11,13,15-17,19-26,28-45H2,1-2H3,(H,59,63)/b8-6-,14-12-,27-18-. The van der Waals surface area contributed by atoms with E-state index in [1.54, 1.807) is 0 Å². The smallest absolute Gasteiger partial charge is 0.220 e. The van der Waals surface area contributed by atoms with Gasteiger partial charge in [0.15, 0.2) is 12.6 Å². The Morgan fingerprint density at radius 3 is 1.47 bits per heavy atom. The molecule has 2 heterocycles. The number of hydrogen-bond acceptors (Lipinski definition) is 13. The minimum Gasteiger partial charge on any atom is -0.394 e. The van der Waals surface area contributed by atoms with Crippen molar-refractivity contribution >= 4 is 5.91 Å². The highest BCUT2D eigenvalue weighted by molar-refractivity contribution is 5.76. The van der Waals surface area contributed by atoms with Gasteiger partial charge in [-0.05, 0) is 44.9 Å². The summed E-state index contributed by atoms with van der Waals surface area (Å²) < 4.78 is 22.8. The molecule has 422 valence electrons. The molecule has 12 unspecified atom stereocenters. The molecule has 0 aromatic rings. The Bertz CT molecular complexity index is 1350. The molecule has 0 radical (unpaired) electrons. The van der Waals surface area contributed by atoms with Crippen molar-refractivity contribution < 1.29 is 64.6 Å². The van der Waals surface area contributed by atoms with E-state index in [-0.39, 0.29) is 18.9 Å². The Labute approximate surface area is 436 Å². The molecule has 2 rings (SSSR count). The van der Waals surface area contributed by atoms with Crippen molar-refractivity contribution in [2.75, 3.05) is 19.8 Å².